The van der Waals surface area contributed by atoms with Crippen molar-refractivity contribution in [3.63, 3.8) is 0 Å². The molecule has 0 spiro atoms. The highest BCUT2D eigenvalue weighted by Crippen LogP contribution is 2.22. The van der Waals surface area contributed by atoms with Crippen LogP contribution in [0.1, 0.15) is 37.8 Å². The number of carbonyl (C=O) groups excluding carboxylic acids is 1. The van der Waals surface area contributed by atoms with Crippen LogP contribution in [0.3, 0.4) is 0 Å². The number of hydrogen-bond donors (Lipinski definition) is 0. The number of likely N-dealkylation sites (tertiary alicyclic amines) is 1. The number of nitrogens with zero attached hydrogens (tertiary/aromatic N) is 3. The first kappa shape index (κ1) is 25.5. The van der Waals surface area contributed by atoms with E-state index in [0.717, 1.165) is 58.5 Å². The van der Waals surface area contributed by atoms with Crippen LogP contribution < -0.4 is 0 Å². The summed E-state index contributed by atoms with van der Waals surface area (Å²) in [6.07, 6.45) is 7.05. The van der Waals surface area contributed by atoms with E-state index >= 15 is 0 Å². The van der Waals surface area contributed by atoms with Crippen molar-refractivity contribution in [3.05, 3.63) is 71.2 Å². The van der Waals surface area contributed by atoms with E-state index in [1.165, 1.54) is 11.1 Å². The smallest absolute Gasteiger partial charge is 0.257 e. The zero-order valence-corrected chi connectivity index (χ0v) is 21.7. The van der Waals surface area contributed by atoms with E-state index in [1.807, 2.05) is 24.0 Å². The van der Waals surface area contributed by atoms with Gasteiger partial charge in [0.15, 0.2) is 0 Å². The Morgan fingerprint density at radius 3 is 2.83 bits per heavy atom. The van der Waals surface area contributed by atoms with Crippen molar-refractivity contribution < 1.29 is 14.3 Å². The number of allylic oxidation sites excluding steroid dienone is 2. The van der Waals surface area contributed by atoms with Crippen molar-refractivity contribution in [2.75, 3.05) is 52.9 Å². The van der Waals surface area contributed by atoms with Crippen LogP contribution in [-0.4, -0.2) is 79.6 Å². The van der Waals surface area contributed by atoms with Gasteiger partial charge in [-0.1, -0.05) is 37.8 Å². The van der Waals surface area contributed by atoms with Gasteiger partial charge in [-0.25, -0.2) is 0 Å². The second-order valence-corrected chi connectivity index (χ2v) is 10.4. The second-order valence-electron chi connectivity index (χ2n) is 10.4. The summed E-state index contributed by atoms with van der Waals surface area (Å²) in [7, 11) is 2.11. The van der Waals surface area contributed by atoms with Gasteiger partial charge in [-0.3, -0.25) is 9.69 Å². The van der Waals surface area contributed by atoms with Gasteiger partial charge < -0.3 is 19.3 Å². The molecule has 0 aliphatic carbocycles. The van der Waals surface area contributed by atoms with E-state index in [0.29, 0.717) is 36.2 Å². The quantitative estimate of drug-likeness (QED) is 0.417. The fraction of sp³-hybridized carbons (Fsp3) is 0.552. The van der Waals surface area contributed by atoms with Crippen molar-refractivity contribution in [2.45, 2.75) is 45.8 Å². The number of piperidine rings is 1. The molecule has 1 aromatic carbocycles. The Hall–Kier alpha value is -2.57. The number of fused-ring (bicyclic) bond motifs is 1. The largest absolute Gasteiger partial charge is 0.496 e. The van der Waals surface area contributed by atoms with Gasteiger partial charge in [0.25, 0.3) is 5.91 Å². The average molecular weight is 480 g/mol. The van der Waals surface area contributed by atoms with Crippen molar-refractivity contribution in [1.82, 2.24) is 14.7 Å². The van der Waals surface area contributed by atoms with E-state index in [-0.39, 0.29) is 12.0 Å². The van der Waals surface area contributed by atoms with E-state index in [4.69, 9.17) is 9.47 Å². The molecule has 0 radical (unpaired) electrons. The third-order valence-corrected chi connectivity index (χ3v) is 7.22. The van der Waals surface area contributed by atoms with Gasteiger partial charge in [-0.2, -0.15) is 0 Å². The van der Waals surface area contributed by atoms with E-state index < -0.39 is 0 Å². The predicted octanol–water partition coefficient (Wildman–Crippen LogP) is 3.99. The van der Waals surface area contributed by atoms with Crippen molar-refractivity contribution in [2.24, 2.45) is 5.92 Å². The molecule has 1 aromatic rings. The van der Waals surface area contributed by atoms with Gasteiger partial charge in [0.05, 0.1) is 12.1 Å². The maximum Gasteiger partial charge on any atom is 0.257 e. The molecule has 0 N–H and O–H groups in total. The molecule has 1 fully saturated rings. The highest BCUT2D eigenvalue weighted by Gasteiger charge is 2.26. The monoisotopic (exact) mass is 479 g/mol. The van der Waals surface area contributed by atoms with Crippen LogP contribution in [0.2, 0.25) is 0 Å². The lowest BCUT2D eigenvalue weighted by Crippen LogP contribution is -2.41. The fourth-order valence-corrected chi connectivity index (χ4v) is 5.40. The Kier molecular flexibility index (Phi) is 8.69. The molecular weight excluding hydrogens is 438 g/mol. The summed E-state index contributed by atoms with van der Waals surface area (Å²) in [5, 5.41) is 0. The second kappa shape index (κ2) is 11.9. The van der Waals surface area contributed by atoms with Crippen molar-refractivity contribution in [1.29, 1.82) is 0 Å². The van der Waals surface area contributed by atoms with Crippen LogP contribution in [-0.2, 0) is 27.2 Å². The minimum Gasteiger partial charge on any atom is -0.496 e. The van der Waals surface area contributed by atoms with Gasteiger partial charge in [0, 0.05) is 32.7 Å². The van der Waals surface area contributed by atoms with Gasteiger partial charge in [-0.05, 0) is 69.0 Å². The normalized spacial score (nSPS) is 23.1. The standard InChI is InChI=1S/C29H41N3O3/c1-22(18-31-15-13-25-8-5-6-9-26(25)20-31)19-32-16-17-34-24(3)28(29(32)33)12-11-23(2)35-27-10-7-14-30(4)21-27/h5-6,8-9,11-12,22,27H,2,7,10,13-21H2,1,3-4H3/b12-11-/t22-,27?/m1/s1. The molecule has 35 heavy (non-hydrogen) atoms. The van der Waals surface area contributed by atoms with Crippen LogP contribution in [0.5, 0.6) is 0 Å². The Bertz CT molecular complexity index is 970. The summed E-state index contributed by atoms with van der Waals surface area (Å²) in [6.45, 7) is 15.1. The van der Waals surface area contributed by atoms with Gasteiger partial charge >= 0.3 is 0 Å². The number of benzene rings is 1. The summed E-state index contributed by atoms with van der Waals surface area (Å²) < 4.78 is 11.9. The SMILES string of the molecule is C=C(/C=C\C1=C(C)OCCN(C[C@H](C)CN2CCc3ccccc3C2)C1=O)OC1CCCN(C)C1. The van der Waals surface area contributed by atoms with Crippen LogP contribution in [0.15, 0.2) is 60.1 Å². The summed E-state index contributed by atoms with van der Waals surface area (Å²) >= 11 is 0. The lowest BCUT2D eigenvalue weighted by atomic mass is 9.99. The third kappa shape index (κ3) is 6.98. The van der Waals surface area contributed by atoms with Crippen molar-refractivity contribution >= 4 is 5.91 Å². The number of likely N-dealkylation sites (N-methyl/N-ethyl adjacent to an activating group) is 1. The first-order valence-electron chi connectivity index (χ1n) is 13.0. The number of ether oxygens (including phenoxy) is 2. The fourth-order valence-electron chi connectivity index (χ4n) is 5.40. The minimum absolute atomic E-state index is 0.0253. The highest BCUT2D eigenvalue weighted by molar-refractivity contribution is 5.97. The number of rotatable bonds is 8. The summed E-state index contributed by atoms with van der Waals surface area (Å²) in [4.78, 5) is 20.2. The molecule has 1 unspecified atom stereocenters. The average Bonchev–Trinajstić information content (AvgIpc) is 2.95. The van der Waals surface area contributed by atoms with Crippen LogP contribution in [0.4, 0.5) is 0 Å². The molecule has 3 heterocycles. The molecule has 4 rings (SSSR count). The number of amides is 1. The van der Waals surface area contributed by atoms with Gasteiger partial charge in [0.1, 0.15) is 24.2 Å². The van der Waals surface area contributed by atoms with Gasteiger partial charge in [0.2, 0.25) is 0 Å². The lowest BCUT2D eigenvalue weighted by Gasteiger charge is -2.32. The van der Waals surface area contributed by atoms with Crippen LogP contribution >= 0.6 is 0 Å². The molecule has 6 nitrogen and oxygen atoms in total. The van der Waals surface area contributed by atoms with Crippen LogP contribution in [0, 0.1) is 5.92 Å². The Labute approximate surface area is 210 Å². The first-order chi connectivity index (χ1) is 16.9. The zero-order chi connectivity index (χ0) is 24.8. The van der Waals surface area contributed by atoms with E-state index in [2.05, 4.69) is 54.6 Å². The molecule has 1 amide bonds. The Morgan fingerprint density at radius 2 is 2.03 bits per heavy atom. The molecular formula is C29H41N3O3. The maximum absolute atomic E-state index is 13.4. The number of hydrogen-bond acceptors (Lipinski definition) is 5. The molecule has 2 atom stereocenters. The molecule has 6 heteroatoms. The summed E-state index contributed by atoms with van der Waals surface area (Å²) in [5.41, 5.74) is 3.49. The molecule has 190 valence electrons. The maximum atomic E-state index is 13.4. The van der Waals surface area contributed by atoms with Crippen molar-refractivity contribution in [3.8, 4) is 0 Å². The Morgan fingerprint density at radius 1 is 1.23 bits per heavy atom. The molecule has 3 aliphatic rings. The van der Waals surface area contributed by atoms with Crippen LogP contribution in [0.25, 0.3) is 0 Å². The summed E-state index contributed by atoms with van der Waals surface area (Å²) in [6, 6.07) is 8.72. The first-order valence-corrected chi connectivity index (χ1v) is 13.0. The predicted molar refractivity (Wildman–Crippen MR) is 140 cm³/mol. The molecule has 0 saturated carbocycles. The lowest BCUT2D eigenvalue weighted by molar-refractivity contribution is -0.127. The molecule has 0 bridgehead atoms. The Balaban J connectivity index is 1.32. The highest BCUT2D eigenvalue weighted by atomic mass is 16.5. The van der Waals surface area contributed by atoms with E-state index in [9.17, 15) is 4.79 Å². The molecule has 3 aliphatic heterocycles. The third-order valence-electron chi connectivity index (χ3n) is 7.22. The molecule has 0 aromatic heterocycles. The summed E-state index contributed by atoms with van der Waals surface area (Å²) in [5.74, 6) is 1.65. The zero-order valence-electron chi connectivity index (χ0n) is 21.7. The van der Waals surface area contributed by atoms with Gasteiger partial charge in [-0.15, -0.1) is 0 Å². The minimum atomic E-state index is 0.0253. The topological polar surface area (TPSA) is 45.3 Å². The number of carbonyl (C=O) groups is 1. The van der Waals surface area contributed by atoms with E-state index in [1.54, 1.807) is 0 Å². The molecule has 1 saturated heterocycles.